The fourth-order valence-electron chi connectivity index (χ4n) is 3.33. The Morgan fingerprint density at radius 2 is 2.00 bits per heavy atom. The Labute approximate surface area is 130 Å². The van der Waals surface area contributed by atoms with Gasteiger partial charge in [-0.1, -0.05) is 31.2 Å². The van der Waals surface area contributed by atoms with E-state index >= 15 is 0 Å². The highest BCUT2D eigenvalue weighted by atomic mass is 16.5. The minimum absolute atomic E-state index is 0.533. The van der Waals surface area contributed by atoms with Crippen molar-refractivity contribution in [2.45, 2.75) is 65.0 Å². The first-order valence-corrected chi connectivity index (χ1v) is 8.62. The number of ether oxygens (including phenoxy) is 1. The van der Waals surface area contributed by atoms with Gasteiger partial charge in [0, 0.05) is 12.6 Å². The van der Waals surface area contributed by atoms with Crippen LogP contribution in [-0.2, 0) is 11.2 Å². The van der Waals surface area contributed by atoms with Crippen molar-refractivity contribution in [2.75, 3.05) is 13.2 Å². The van der Waals surface area contributed by atoms with Crippen LogP contribution in [0, 0.1) is 12.8 Å². The number of hydrogen-bond donors (Lipinski definition) is 1. The van der Waals surface area contributed by atoms with Crippen molar-refractivity contribution in [3.05, 3.63) is 35.4 Å². The molecule has 0 aliphatic heterocycles. The van der Waals surface area contributed by atoms with Crippen LogP contribution in [0.4, 0.5) is 0 Å². The van der Waals surface area contributed by atoms with Crippen LogP contribution in [0.2, 0.25) is 0 Å². The molecular formula is C19H31NO. The lowest BCUT2D eigenvalue weighted by Crippen LogP contribution is -2.39. The summed E-state index contributed by atoms with van der Waals surface area (Å²) in [6.07, 6.45) is 6.69. The molecule has 1 aliphatic carbocycles. The van der Waals surface area contributed by atoms with E-state index in [4.69, 9.17) is 4.74 Å². The molecule has 21 heavy (non-hydrogen) atoms. The molecule has 1 aromatic carbocycles. The van der Waals surface area contributed by atoms with Gasteiger partial charge in [0.05, 0.1) is 6.10 Å². The molecule has 1 fully saturated rings. The first kappa shape index (κ1) is 16.5. The van der Waals surface area contributed by atoms with Gasteiger partial charge in [-0.05, 0) is 69.5 Å². The van der Waals surface area contributed by atoms with Crippen LogP contribution in [-0.4, -0.2) is 25.3 Å². The second-order valence-electron chi connectivity index (χ2n) is 6.43. The van der Waals surface area contributed by atoms with Crippen LogP contribution in [0.3, 0.4) is 0 Å². The average Bonchev–Trinajstić information content (AvgIpc) is 2.44. The fraction of sp³-hybridized carbons (Fsp3) is 0.684. The number of nitrogens with one attached hydrogen (secondary N) is 1. The van der Waals surface area contributed by atoms with Gasteiger partial charge in [0.25, 0.3) is 0 Å². The van der Waals surface area contributed by atoms with E-state index in [1.165, 1.54) is 36.8 Å². The summed E-state index contributed by atoms with van der Waals surface area (Å²) in [4.78, 5) is 0. The van der Waals surface area contributed by atoms with Crippen LogP contribution in [0.25, 0.3) is 0 Å². The van der Waals surface area contributed by atoms with Crippen molar-refractivity contribution in [1.82, 2.24) is 5.32 Å². The molecule has 0 spiro atoms. The topological polar surface area (TPSA) is 21.3 Å². The summed E-state index contributed by atoms with van der Waals surface area (Å²) in [5.41, 5.74) is 2.91. The summed E-state index contributed by atoms with van der Waals surface area (Å²) in [6, 6.07) is 9.40. The third kappa shape index (κ3) is 5.12. The Kier molecular flexibility index (Phi) is 6.72. The molecule has 0 radical (unpaired) electrons. The Bertz CT molecular complexity index is 412. The monoisotopic (exact) mass is 289 g/mol. The Morgan fingerprint density at radius 3 is 2.67 bits per heavy atom. The number of hydrogen-bond acceptors (Lipinski definition) is 2. The summed E-state index contributed by atoms with van der Waals surface area (Å²) in [6.45, 7) is 8.54. The molecule has 2 rings (SSSR count). The molecule has 1 aromatic rings. The Morgan fingerprint density at radius 1 is 1.24 bits per heavy atom. The first-order valence-electron chi connectivity index (χ1n) is 8.62. The highest BCUT2D eigenvalue weighted by molar-refractivity contribution is 5.26. The average molecular weight is 289 g/mol. The number of rotatable bonds is 9. The summed E-state index contributed by atoms with van der Waals surface area (Å²) in [7, 11) is 0. The molecule has 0 bridgehead atoms. The van der Waals surface area contributed by atoms with E-state index in [0.29, 0.717) is 12.1 Å². The summed E-state index contributed by atoms with van der Waals surface area (Å²) in [5, 5.41) is 3.75. The van der Waals surface area contributed by atoms with Crippen LogP contribution in [0.1, 0.15) is 50.7 Å². The van der Waals surface area contributed by atoms with Gasteiger partial charge in [0.1, 0.15) is 0 Å². The zero-order valence-corrected chi connectivity index (χ0v) is 13.9. The molecule has 0 amide bonds. The van der Waals surface area contributed by atoms with Crippen LogP contribution < -0.4 is 5.32 Å². The van der Waals surface area contributed by atoms with E-state index in [-0.39, 0.29) is 0 Å². The van der Waals surface area contributed by atoms with Crippen LogP contribution in [0.15, 0.2) is 24.3 Å². The zero-order chi connectivity index (χ0) is 15.1. The minimum atomic E-state index is 0.533. The second-order valence-corrected chi connectivity index (χ2v) is 6.43. The maximum atomic E-state index is 5.69. The minimum Gasteiger partial charge on any atom is -0.378 e. The third-order valence-corrected chi connectivity index (χ3v) is 4.62. The first-order chi connectivity index (χ1) is 10.2. The van der Waals surface area contributed by atoms with Gasteiger partial charge in [-0.3, -0.25) is 0 Å². The molecule has 1 atom stereocenters. The molecule has 1 unspecified atom stereocenters. The van der Waals surface area contributed by atoms with Crippen molar-refractivity contribution in [2.24, 2.45) is 5.92 Å². The van der Waals surface area contributed by atoms with Gasteiger partial charge in [-0.2, -0.15) is 0 Å². The molecule has 2 heteroatoms. The quantitative estimate of drug-likeness (QED) is 0.738. The van der Waals surface area contributed by atoms with Crippen molar-refractivity contribution in [1.29, 1.82) is 0 Å². The molecule has 0 saturated heterocycles. The van der Waals surface area contributed by atoms with Gasteiger partial charge in [0.2, 0.25) is 0 Å². The van der Waals surface area contributed by atoms with Gasteiger partial charge < -0.3 is 10.1 Å². The third-order valence-electron chi connectivity index (χ3n) is 4.62. The largest absolute Gasteiger partial charge is 0.378 e. The molecular weight excluding hydrogens is 258 g/mol. The molecule has 1 N–H and O–H groups in total. The Hall–Kier alpha value is -0.860. The lowest BCUT2D eigenvalue weighted by atomic mass is 9.77. The van der Waals surface area contributed by atoms with E-state index in [2.05, 4.69) is 50.4 Å². The maximum Gasteiger partial charge on any atom is 0.0580 e. The Balaban J connectivity index is 1.85. The molecule has 1 saturated carbocycles. The molecule has 1 aliphatic rings. The number of benzene rings is 1. The van der Waals surface area contributed by atoms with E-state index in [1.807, 2.05) is 0 Å². The highest BCUT2D eigenvalue weighted by Gasteiger charge is 2.31. The molecule has 0 heterocycles. The van der Waals surface area contributed by atoms with Gasteiger partial charge in [0.15, 0.2) is 0 Å². The second kappa shape index (κ2) is 8.55. The normalized spacial score (nSPS) is 22.8. The van der Waals surface area contributed by atoms with E-state index < -0.39 is 0 Å². The summed E-state index contributed by atoms with van der Waals surface area (Å²) < 4.78 is 5.69. The smallest absolute Gasteiger partial charge is 0.0580 e. The summed E-state index contributed by atoms with van der Waals surface area (Å²) in [5.74, 6) is 0.847. The highest BCUT2D eigenvalue weighted by Crippen LogP contribution is 2.34. The lowest BCUT2D eigenvalue weighted by molar-refractivity contribution is -0.0290. The van der Waals surface area contributed by atoms with Gasteiger partial charge in [-0.25, -0.2) is 0 Å². The number of aryl methyl sites for hydroxylation is 1. The maximum absolute atomic E-state index is 5.69. The van der Waals surface area contributed by atoms with Crippen molar-refractivity contribution < 1.29 is 4.74 Å². The lowest BCUT2D eigenvalue weighted by Gasteiger charge is -2.37. The molecule has 2 nitrogen and oxygen atoms in total. The SMILES string of the molecule is CCCNC(Cc1ccccc1C)CC1CC(OCC)C1. The van der Waals surface area contributed by atoms with E-state index in [9.17, 15) is 0 Å². The zero-order valence-electron chi connectivity index (χ0n) is 13.9. The van der Waals surface area contributed by atoms with Crippen LogP contribution in [0.5, 0.6) is 0 Å². The molecule has 0 aromatic heterocycles. The van der Waals surface area contributed by atoms with Gasteiger partial charge in [-0.15, -0.1) is 0 Å². The van der Waals surface area contributed by atoms with E-state index in [1.54, 1.807) is 0 Å². The van der Waals surface area contributed by atoms with Crippen molar-refractivity contribution in [3.63, 3.8) is 0 Å². The fourth-order valence-corrected chi connectivity index (χ4v) is 3.33. The van der Waals surface area contributed by atoms with Crippen LogP contribution >= 0.6 is 0 Å². The van der Waals surface area contributed by atoms with Gasteiger partial charge >= 0.3 is 0 Å². The van der Waals surface area contributed by atoms with Crippen molar-refractivity contribution >= 4 is 0 Å². The predicted octanol–water partition coefficient (Wildman–Crippen LogP) is 4.11. The predicted molar refractivity (Wildman–Crippen MR) is 89.7 cm³/mol. The molecule has 118 valence electrons. The van der Waals surface area contributed by atoms with Crippen molar-refractivity contribution in [3.8, 4) is 0 Å². The summed E-state index contributed by atoms with van der Waals surface area (Å²) >= 11 is 0. The standard InChI is InChI=1S/C19H31NO/c1-4-10-20-18(11-16-12-19(13-16)21-5-2)14-17-9-7-6-8-15(17)3/h6-9,16,18-20H,4-5,10-14H2,1-3H3. The van der Waals surface area contributed by atoms with E-state index in [0.717, 1.165) is 25.5 Å².